The van der Waals surface area contributed by atoms with E-state index < -0.39 is 0 Å². The maximum atomic E-state index is 12.1. The highest BCUT2D eigenvalue weighted by atomic mass is 79.9. The van der Waals surface area contributed by atoms with Crippen LogP contribution in [0.3, 0.4) is 0 Å². The Balaban J connectivity index is 1.60. The molecule has 1 aliphatic rings. The molecule has 1 amide bonds. The van der Waals surface area contributed by atoms with E-state index in [1.54, 1.807) is 6.07 Å². The molecule has 0 aliphatic carbocycles. The van der Waals surface area contributed by atoms with Crippen molar-refractivity contribution in [2.24, 2.45) is 0 Å². The van der Waals surface area contributed by atoms with Crippen LogP contribution in [-0.2, 0) is 4.79 Å². The van der Waals surface area contributed by atoms with E-state index in [0.29, 0.717) is 11.8 Å². The van der Waals surface area contributed by atoms with Gasteiger partial charge >= 0.3 is 0 Å². The van der Waals surface area contributed by atoms with Crippen LogP contribution in [0.15, 0.2) is 34.8 Å². The summed E-state index contributed by atoms with van der Waals surface area (Å²) in [6.45, 7) is 3.74. The van der Waals surface area contributed by atoms with E-state index in [9.17, 15) is 4.79 Å². The molecule has 0 radical (unpaired) electrons. The van der Waals surface area contributed by atoms with Crippen LogP contribution in [0.1, 0.15) is 25.0 Å². The van der Waals surface area contributed by atoms with Crippen molar-refractivity contribution in [3.05, 3.63) is 40.5 Å². The Morgan fingerprint density at radius 1 is 1.24 bits per heavy atom. The Labute approximate surface area is 155 Å². The highest BCUT2D eigenvalue weighted by Crippen LogP contribution is 2.20. The number of anilines is 2. The molecule has 1 aliphatic heterocycles. The number of hydrogen-bond donors (Lipinski definition) is 1. The zero-order valence-electron chi connectivity index (χ0n) is 14.2. The summed E-state index contributed by atoms with van der Waals surface area (Å²) in [5.41, 5.74) is 1.55. The largest absolute Gasteiger partial charge is 0.467 e. The van der Waals surface area contributed by atoms with Gasteiger partial charge in [-0.25, -0.2) is 4.98 Å². The van der Waals surface area contributed by atoms with Crippen LogP contribution in [0.5, 0.6) is 5.88 Å². The monoisotopic (exact) mass is 404 g/mol. The highest BCUT2D eigenvalue weighted by molar-refractivity contribution is 9.10. The van der Waals surface area contributed by atoms with Crippen molar-refractivity contribution in [2.75, 3.05) is 29.9 Å². The Morgan fingerprint density at radius 3 is 2.80 bits per heavy atom. The van der Waals surface area contributed by atoms with Crippen LogP contribution in [0, 0.1) is 6.92 Å². The number of piperidine rings is 1. The molecule has 3 rings (SSSR count). The van der Waals surface area contributed by atoms with Crippen LogP contribution in [-0.4, -0.2) is 35.6 Å². The van der Waals surface area contributed by atoms with Crippen LogP contribution in [0.25, 0.3) is 0 Å². The number of carbonyl (C=O) groups is 1. The molecule has 7 heteroatoms. The molecule has 1 aromatic heterocycles. The number of rotatable bonds is 5. The average molecular weight is 405 g/mol. The zero-order valence-corrected chi connectivity index (χ0v) is 15.8. The predicted octanol–water partition coefficient (Wildman–Crippen LogP) is 3.56. The maximum Gasteiger partial charge on any atom is 0.262 e. The van der Waals surface area contributed by atoms with Crippen molar-refractivity contribution >= 4 is 33.5 Å². The lowest BCUT2D eigenvalue weighted by Crippen LogP contribution is -2.31. The molecular weight excluding hydrogens is 384 g/mol. The fourth-order valence-corrected chi connectivity index (χ4v) is 3.14. The number of carbonyl (C=O) groups excluding carboxylic acids is 1. The van der Waals surface area contributed by atoms with E-state index in [4.69, 9.17) is 4.74 Å². The molecule has 2 heterocycles. The summed E-state index contributed by atoms with van der Waals surface area (Å²) in [6, 6.07) is 9.17. The van der Waals surface area contributed by atoms with E-state index in [1.807, 2.05) is 31.2 Å². The number of aryl methyl sites for hydroxylation is 1. The standard InChI is InChI=1S/C18H21BrN4O2/c1-13-10-17(22-18(20-13)23-8-3-2-4-9-23)25-12-16(24)21-15-7-5-6-14(19)11-15/h5-7,10-11H,2-4,8-9,12H2,1H3,(H,21,24). The van der Waals surface area contributed by atoms with Gasteiger partial charge in [-0.2, -0.15) is 4.98 Å². The highest BCUT2D eigenvalue weighted by Gasteiger charge is 2.15. The van der Waals surface area contributed by atoms with Gasteiger partial charge in [-0.1, -0.05) is 22.0 Å². The SMILES string of the molecule is Cc1cc(OCC(=O)Nc2cccc(Br)c2)nc(N2CCCCC2)n1. The Bertz CT molecular complexity index is 748. The summed E-state index contributed by atoms with van der Waals surface area (Å²) in [7, 11) is 0. The number of nitrogens with zero attached hydrogens (tertiary/aromatic N) is 3. The molecule has 0 bridgehead atoms. The van der Waals surface area contributed by atoms with Gasteiger partial charge < -0.3 is 15.0 Å². The number of amides is 1. The van der Waals surface area contributed by atoms with Gasteiger partial charge in [-0.05, 0) is 44.4 Å². The number of nitrogens with one attached hydrogen (secondary N) is 1. The van der Waals surface area contributed by atoms with Gasteiger partial charge in [-0.15, -0.1) is 0 Å². The third-order valence-electron chi connectivity index (χ3n) is 3.92. The number of halogens is 1. The minimum Gasteiger partial charge on any atom is -0.467 e. The summed E-state index contributed by atoms with van der Waals surface area (Å²) in [5.74, 6) is 0.883. The molecule has 132 valence electrons. The molecule has 2 aromatic rings. The van der Waals surface area contributed by atoms with E-state index in [1.165, 1.54) is 6.42 Å². The number of hydrogen-bond acceptors (Lipinski definition) is 5. The summed E-state index contributed by atoms with van der Waals surface area (Å²) in [4.78, 5) is 23.2. The van der Waals surface area contributed by atoms with Crippen LogP contribution >= 0.6 is 15.9 Å². The second kappa shape index (κ2) is 8.29. The maximum absolute atomic E-state index is 12.1. The molecular formula is C18H21BrN4O2. The van der Waals surface area contributed by atoms with Crippen molar-refractivity contribution in [3.8, 4) is 5.88 Å². The van der Waals surface area contributed by atoms with Crippen LogP contribution in [0.2, 0.25) is 0 Å². The molecule has 25 heavy (non-hydrogen) atoms. The van der Waals surface area contributed by atoms with Gasteiger partial charge in [0.15, 0.2) is 6.61 Å². The summed E-state index contributed by atoms with van der Waals surface area (Å²) in [5, 5.41) is 2.80. The van der Waals surface area contributed by atoms with Crippen molar-refractivity contribution in [1.29, 1.82) is 0 Å². The number of benzene rings is 1. The topological polar surface area (TPSA) is 67.3 Å². The van der Waals surface area contributed by atoms with Crippen molar-refractivity contribution in [3.63, 3.8) is 0 Å². The average Bonchev–Trinajstić information content (AvgIpc) is 2.60. The first-order valence-electron chi connectivity index (χ1n) is 8.39. The van der Waals surface area contributed by atoms with E-state index >= 15 is 0 Å². The van der Waals surface area contributed by atoms with Gasteiger partial charge in [0.05, 0.1) is 0 Å². The number of aromatic nitrogens is 2. The van der Waals surface area contributed by atoms with Gasteiger partial charge in [0.25, 0.3) is 5.91 Å². The molecule has 1 aromatic carbocycles. The molecule has 1 saturated heterocycles. The first kappa shape index (κ1) is 17.7. The lowest BCUT2D eigenvalue weighted by molar-refractivity contribution is -0.118. The fraction of sp³-hybridized carbons (Fsp3) is 0.389. The molecule has 1 fully saturated rings. The van der Waals surface area contributed by atoms with E-state index in [0.717, 1.165) is 41.8 Å². The first-order valence-corrected chi connectivity index (χ1v) is 9.18. The van der Waals surface area contributed by atoms with Gasteiger partial charge in [0, 0.05) is 35.0 Å². The molecule has 6 nitrogen and oxygen atoms in total. The number of ether oxygens (including phenoxy) is 1. The zero-order chi connectivity index (χ0) is 17.6. The Morgan fingerprint density at radius 2 is 2.04 bits per heavy atom. The molecule has 0 unspecified atom stereocenters. The van der Waals surface area contributed by atoms with E-state index in [-0.39, 0.29) is 12.5 Å². The van der Waals surface area contributed by atoms with Crippen molar-refractivity contribution < 1.29 is 9.53 Å². The van der Waals surface area contributed by atoms with Gasteiger partial charge in [-0.3, -0.25) is 4.79 Å². The quantitative estimate of drug-likeness (QED) is 0.824. The first-order chi connectivity index (χ1) is 12.1. The van der Waals surface area contributed by atoms with Gasteiger partial charge in [0.1, 0.15) is 0 Å². The minimum absolute atomic E-state index is 0.0948. The Hall–Kier alpha value is -2.15. The normalized spacial score (nSPS) is 14.2. The molecule has 0 spiro atoms. The van der Waals surface area contributed by atoms with Crippen LogP contribution in [0.4, 0.5) is 11.6 Å². The summed E-state index contributed by atoms with van der Waals surface area (Å²) < 4.78 is 6.49. The lowest BCUT2D eigenvalue weighted by Gasteiger charge is -2.26. The van der Waals surface area contributed by atoms with Gasteiger partial charge in [0.2, 0.25) is 11.8 Å². The molecule has 0 saturated carbocycles. The van der Waals surface area contributed by atoms with E-state index in [2.05, 4.69) is 36.1 Å². The Kier molecular flexibility index (Phi) is 5.86. The van der Waals surface area contributed by atoms with Crippen molar-refractivity contribution in [2.45, 2.75) is 26.2 Å². The van der Waals surface area contributed by atoms with Crippen LogP contribution < -0.4 is 15.0 Å². The second-order valence-electron chi connectivity index (χ2n) is 6.04. The third kappa shape index (κ3) is 5.16. The minimum atomic E-state index is -0.228. The molecule has 1 N–H and O–H groups in total. The smallest absolute Gasteiger partial charge is 0.262 e. The summed E-state index contributed by atoms with van der Waals surface area (Å²) in [6.07, 6.45) is 3.56. The summed E-state index contributed by atoms with van der Waals surface area (Å²) >= 11 is 3.38. The molecule has 0 atom stereocenters. The fourth-order valence-electron chi connectivity index (χ4n) is 2.74. The second-order valence-corrected chi connectivity index (χ2v) is 6.96. The third-order valence-corrected chi connectivity index (χ3v) is 4.41. The van der Waals surface area contributed by atoms with Crippen molar-refractivity contribution in [1.82, 2.24) is 9.97 Å². The predicted molar refractivity (Wildman–Crippen MR) is 101 cm³/mol. The lowest BCUT2D eigenvalue weighted by atomic mass is 10.1.